The van der Waals surface area contributed by atoms with Crippen molar-refractivity contribution in [1.29, 1.82) is 0 Å². The molecule has 5 nitrogen and oxygen atoms in total. The molecule has 20 heavy (non-hydrogen) atoms. The molecule has 98 valence electrons. The zero-order valence-corrected chi connectivity index (χ0v) is 10.4. The Morgan fingerprint density at radius 3 is 2.65 bits per heavy atom. The number of Topliss-reactive ketones (excluding diaryl/α,β-unsaturated/α-hetero) is 1. The van der Waals surface area contributed by atoms with Gasteiger partial charge in [0.25, 0.3) is 5.69 Å². The first kappa shape index (κ1) is 12.1. The van der Waals surface area contributed by atoms with Crippen LogP contribution in [0.1, 0.15) is 15.9 Å². The van der Waals surface area contributed by atoms with Crippen LogP contribution in [-0.2, 0) is 0 Å². The Labute approximate surface area is 114 Å². The third kappa shape index (κ3) is 2.05. The standard InChI is InChI=1S/C15H10N2O3/c18-15-12-6-1-2-7-13(12)16-14(15)9-10-4-3-5-11(8-10)17(19)20/h1-9,16H. The molecule has 1 N–H and O–H groups in total. The first-order valence-electron chi connectivity index (χ1n) is 6.02. The van der Waals surface area contributed by atoms with Gasteiger partial charge in [0.15, 0.2) is 0 Å². The van der Waals surface area contributed by atoms with E-state index in [1.54, 1.807) is 30.3 Å². The third-order valence-corrected chi connectivity index (χ3v) is 3.08. The average Bonchev–Trinajstić information content (AvgIpc) is 2.76. The van der Waals surface area contributed by atoms with Gasteiger partial charge in [0.1, 0.15) is 0 Å². The summed E-state index contributed by atoms with van der Waals surface area (Å²) in [5.41, 5.74) is 2.41. The summed E-state index contributed by atoms with van der Waals surface area (Å²) in [6.07, 6.45) is 1.62. The summed E-state index contributed by atoms with van der Waals surface area (Å²) in [6.45, 7) is 0. The molecule has 0 bridgehead atoms. The van der Waals surface area contributed by atoms with Crippen LogP contribution >= 0.6 is 0 Å². The maximum absolute atomic E-state index is 12.2. The SMILES string of the molecule is O=C1C(=Cc2cccc([N+](=O)[O-])c2)Nc2ccccc21. The number of carbonyl (C=O) groups excluding carboxylic acids is 1. The minimum atomic E-state index is -0.458. The first-order chi connectivity index (χ1) is 9.65. The molecule has 5 heteroatoms. The smallest absolute Gasteiger partial charge is 0.270 e. The summed E-state index contributed by atoms with van der Waals surface area (Å²) in [4.78, 5) is 22.4. The van der Waals surface area contributed by atoms with Crippen molar-refractivity contribution in [2.45, 2.75) is 0 Å². The molecule has 0 fully saturated rings. The summed E-state index contributed by atoms with van der Waals surface area (Å²) < 4.78 is 0. The molecule has 0 spiro atoms. The Morgan fingerprint density at radius 2 is 1.90 bits per heavy atom. The van der Waals surface area contributed by atoms with Crippen molar-refractivity contribution in [1.82, 2.24) is 0 Å². The van der Waals surface area contributed by atoms with E-state index < -0.39 is 4.92 Å². The normalized spacial score (nSPS) is 15.0. The van der Waals surface area contributed by atoms with Gasteiger partial charge in [0, 0.05) is 23.4 Å². The van der Waals surface area contributed by atoms with E-state index in [9.17, 15) is 14.9 Å². The molecule has 0 aromatic heterocycles. The number of para-hydroxylation sites is 1. The number of ketones is 1. The van der Waals surface area contributed by atoms with Gasteiger partial charge in [-0.05, 0) is 23.8 Å². The molecule has 0 saturated heterocycles. The molecule has 0 radical (unpaired) electrons. The van der Waals surface area contributed by atoms with Gasteiger partial charge >= 0.3 is 0 Å². The monoisotopic (exact) mass is 266 g/mol. The number of rotatable bonds is 2. The van der Waals surface area contributed by atoms with Crippen LogP contribution < -0.4 is 5.32 Å². The maximum Gasteiger partial charge on any atom is 0.270 e. The minimum absolute atomic E-state index is 0.00214. The highest BCUT2D eigenvalue weighted by Crippen LogP contribution is 2.28. The van der Waals surface area contributed by atoms with Gasteiger partial charge < -0.3 is 5.32 Å². The van der Waals surface area contributed by atoms with Crippen LogP contribution in [-0.4, -0.2) is 10.7 Å². The van der Waals surface area contributed by atoms with Crippen LogP contribution in [0.2, 0.25) is 0 Å². The predicted molar refractivity (Wildman–Crippen MR) is 75.5 cm³/mol. The van der Waals surface area contributed by atoms with Gasteiger partial charge in [0.2, 0.25) is 5.78 Å². The van der Waals surface area contributed by atoms with Gasteiger partial charge in [-0.3, -0.25) is 14.9 Å². The minimum Gasteiger partial charge on any atom is -0.352 e. The van der Waals surface area contributed by atoms with Crippen molar-refractivity contribution < 1.29 is 9.72 Å². The van der Waals surface area contributed by atoms with E-state index in [1.807, 2.05) is 12.1 Å². The van der Waals surface area contributed by atoms with Crippen molar-refractivity contribution in [3.8, 4) is 0 Å². The van der Waals surface area contributed by atoms with Crippen molar-refractivity contribution in [2.75, 3.05) is 5.32 Å². The van der Waals surface area contributed by atoms with Crippen LogP contribution in [0, 0.1) is 10.1 Å². The number of anilines is 1. The Kier molecular flexibility index (Phi) is 2.80. The van der Waals surface area contributed by atoms with E-state index in [2.05, 4.69) is 5.32 Å². The lowest BCUT2D eigenvalue weighted by molar-refractivity contribution is -0.384. The second-order valence-corrected chi connectivity index (χ2v) is 4.41. The van der Waals surface area contributed by atoms with Crippen LogP contribution in [0.4, 0.5) is 11.4 Å². The zero-order chi connectivity index (χ0) is 14.1. The van der Waals surface area contributed by atoms with Crippen LogP contribution in [0.3, 0.4) is 0 Å². The molecule has 1 heterocycles. The van der Waals surface area contributed by atoms with Gasteiger partial charge in [0.05, 0.1) is 10.6 Å². The maximum atomic E-state index is 12.2. The number of nitro groups is 1. The molecule has 3 rings (SSSR count). The van der Waals surface area contributed by atoms with Gasteiger partial charge in [-0.1, -0.05) is 24.3 Å². The van der Waals surface area contributed by atoms with Crippen molar-refractivity contribution in [3.63, 3.8) is 0 Å². The van der Waals surface area contributed by atoms with Crippen LogP contribution in [0.5, 0.6) is 0 Å². The topological polar surface area (TPSA) is 72.2 Å². The first-order valence-corrected chi connectivity index (χ1v) is 6.02. The number of allylic oxidation sites excluding steroid dienone is 1. The fourth-order valence-corrected chi connectivity index (χ4v) is 2.13. The Hall–Kier alpha value is -2.95. The molecule has 0 saturated carbocycles. The number of nitro benzene ring substituents is 1. The molecule has 2 aromatic carbocycles. The highest BCUT2D eigenvalue weighted by atomic mass is 16.6. The molecule has 1 aliphatic heterocycles. The van der Waals surface area contributed by atoms with E-state index >= 15 is 0 Å². The Balaban J connectivity index is 1.97. The number of fused-ring (bicyclic) bond motifs is 1. The van der Waals surface area contributed by atoms with Gasteiger partial charge in [-0.15, -0.1) is 0 Å². The lowest BCUT2D eigenvalue weighted by Gasteiger charge is -1.99. The van der Waals surface area contributed by atoms with Gasteiger partial charge in [-0.25, -0.2) is 0 Å². The van der Waals surface area contributed by atoms with Crippen LogP contribution in [0.25, 0.3) is 6.08 Å². The predicted octanol–water partition coefficient (Wildman–Crippen LogP) is 3.24. The van der Waals surface area contributed by atoms with E-state index in [4.69, 9.17) is 0 Å². The van der Waals surface area contributed by atoms with E-state index in [1.165, 1.54) is 12.1 Å². The molecule has 0 atom stereocenters. The molecule has 0 unspecified atom stereocenters. The number of nitrogens with one attached hydrogen (secondary N) is 1. The number of benzene rings is 2. The number of carbonyl (C=O) groups is 1. The van der Waals surface area contributed by atoms with Crippen LogP contribution in [0.15, 0.2) is 54.2 Å². The Bertz CT molecular complexity index is 750. The van der Waals surface area contributed by atoms with Crippen molar-refractivity contribution in [3.05, 3.63) is 75.5 Å². The highest BCUT2D eigenvalue weighted by Gasteiger charge is 2.23. The molecule has 2 aromatic rings. The number of non-ortho nitro benzene ring substituents is 1. The average molecular weight is 266 g/mol. The fraction of sp³-hybridized carbons (Fsp3) is 0. The second kappa shape index (κ2) is 4.62. The van der Waals surface area contributed by atoms with Crippen molar-refractivity contribution in [2.24, 2.45) is 0 Å². The Morgan fingerprint density at radius 1 is 1.10 bits per heavy atom. The van der Waals surface area contributed by atoms with E-state index in [0.717, 1.165) is 5.69 Å². The third-order valence-electron chi connectivity index (χ3n) is 3.08. The largest absolute Gasteiger partial charge is 0.352 e. The van der Waals surface area contributed by atoms with Gasteiger partial charge in [-0.2, -0.15) is 0 Å². The zero-order valence-electron chi connectivity index (χ0n) is 10.4. The molecule has 0 amide bonds. The lowest BCUT2D eigenvalue weighted by atomic mass is 10.1. The number of nitrogens with zero attached hydrogens (tertiary/aromatic N) is 1. The summed E-state index contributed by atoms with van der Waals surface area (Å²) in [5.74, 6) is -0.105. The second-order valence-electron chi connectivity index (χ2n) is 4.41. The quantitative estimate of drug-likeness (QED) is 0.514. The molecule has 0 aliphatic carbocycles. The van der Waals surface area contributed by atoms with E-state index in [0.29, 0.717) is 16.8 Å². The summed E-state index contributed by atoms with van der Waals surface area (Å²) in [6, 6.07) is 13.4. The van der Waals surface area contributed by atoms with E-state index in [-0.39, 0.29) is 11.5 Å². The molecular weight excluding hydrogens is 256 g/mol. The summed E-state index contributed by atoms with van der Waals surface area (Å²) in [5, 5.41) is 13.8. The number of hydrogen-bond donors (Lipinski definition) is 1. The summed E-state index contributed by atoms with van der Waals surface area (Å²) in [7, 11) is 0. The number of hydrogen-bond acceptors (Lipinski definition) is 4. The molecule has 1 aliphatic rings. The molecular formula is C15H10N2O3. The summed E-state index contributed by atoms with van der Waals surface area (Å²) >= 11 is 0. The lowest BCUT2D eigenvalue weighted by Crippen LogP contribution is -1.99. The fourth-order valence-electron chi connectivity index (χ4n) is 2.13. The highest BCUT2D eigenvalue weighted by molar-refractivity contribution is 6.20. The van der Waals surface area contributed by atoms with Crippen molar-refractivity contribution >= 4 is 23.2 Å².